The topological polar surface area (TPSA) is 56.8 Å². The highest BCUT2D eigenvalue weighted by Crippen LogP contribution is 2.30. The van der Waals surface area contributed by atoms with Crippen LogP contribution in [0, 0.1) is 13.8 Å². The molecule has 2 atom stereocenters. The molecule has 5 nitrogen and oxygen atoms in total. The predicted molar refractivity (Wildman–Crippen MR) is 100.0 cm³/mol. The minimum atomic E-state index is -0.535. The third kappa shape index (κ3) is 4.10. The number of fused-ring (bicyclic) bond motifs is 1. The summed E-state index contributed by atoms with van der Waals surface area (Å²) < 4.78 is 17.5. The van der Waals surface area contributed by atoms with Gasteiger partial charge in [-0.2, -0.15) is 0 Å². The summed E-state index contributed by atoms with van der Waals surface area (Å²) in [6.07, 6.45) is -0.163. The Kier molecular flexibility index (Phi) is 5.66. The lowest BCUT2D eigenvalue weighted by molar-refractivity contribution is -0.128. The van der Waals surface area contributed by atoms with Gasteiger partial charge in [0.2, 0.25) is 0 Å². The molecule has 1 N–H and O–H groups in total. The van der Waals surface area contributed by atoms with Gasteiger partial charge in [0, 0.05) is 0 Å². The van der Waals surface area contributed by atoms with Crippen molar-refractivity contribution in [3.63, 3.8) is 0 Å². The van der Waals surface area contributed by atoms with Crippen molar-refractivity contribution in [1.29, 1.82) is 0 Å². The van der Waals surface area contributed by atoms with Crippen LogP contribution < -0.4 is 19.5 Å². The minimum absolute atomic E-state index is 0.143. The molecule has 2 aromatic rings. The van der Waals surface area contributed by atoms with E-state index in [4.69, 9.17) is 14.2 Å². The van der Waals surface area contributed by atoms with Gasteiger partial charge < -0.3 is 19.5 Å². The van der Waals surface area contributed by atoms with E-state index in [0.717, 1.165) is 22.6 Å². The zero-order chi connectivity index (χ0) is 18.5. The third-order valence-electron chi connectivity index (χ3n) is 4.56. The molecule has 0 spiro atoms. The van der Waals surface area contributed by atoms with Crippen molar-refractivity contribution in [2.75, 3.05) is 13.2 Å². The maximum Gasteiger partial charge on any atom is 0.261 e. The highest BCUT2D eigenvalue weighted by molar-refractivity contribution is 5.81. The van der Waals surface area contributed by atoms with Gasteiger partial charge in [0.25, 0.3) is 5.91 Å². The van der Waals surface area contributed by atoms with E-state index in [-0.39, 0.29) is 12.0 Å². The molecule has 1 heterocycles. The summed E-state index contributed by atoms with van der Waals surface area (Å²) >= 11 is 0. The number of carbonyl (C=O) groups excluding carboxylic acids is 1. The fraction of sp³-hybridized carbons (Fsp3) is 0.381. The van der Waals surface area contributed by atoms with Crippen molar-refractivity contribution in [2.45, 2.75) is 39.4 Å². The summed E-state index contributed by atoms with van der Waals surface area (Å²) in [6.45, 7) is 6.75. The van der Waals surface area contributed by atoms with Crippen LogP contribution in [0.25, 0.3) is 0 Å². The molecule has 0 fully saturated rings. The van der Waals surface area contributed by atoms with Gasteiger partial charge in [-0.1, -0.05) is 31.2 Å². The van der Waals surface area contributed by atoms with Gasteiger partial charge in [-0.3, -0.25) is 4.79 Å². The van der Waals surface area contributed by atoms with Crippen molar-refractivity contribution in [1.82, 2.24) is 5.32 Å². The maximum absolute atomic E-state index is 12.5. The standard InChI is InChI=1S/C21H25NO4/c1-4-17(26-18-11-7-8-14(2)15(18)3)21(23)22-12-16-13-24-19-9-5-6-10-20(19)25-16/h5-11,16-17H,4,12-13H2,1-3H3,(H,22,23)/t16-,17+/m0/s1. The van der Waals surface area contributed by atoms with E-state index in [2.05, 4.69) is 5.32 Å². The van der Waals surface area contributed by atoms with Gasteiger partial charge in [-0.25, -0.2) is 0 Å². The number of hydrogen-bond donors (Lipinski definition) is 1. The molecule has 26 heavy (non-hydrogen) atoms. The molecule has 138 valence electrons. The molecule has 2 aromatic carbocycles. The van der Waals surface area contributed by atoms with Crippen LogP contribution in [0.3, 0.4) is 0 Å². The fourth-order valence-electron chi connectivity index (χ4n) is 2.82. The number of rotatable bonds is 6. The third-order valence-corrected chi connectivity index (χ3v) is 4.56. The number of amides is 1. The van der Waals surface area contributed by atoms with Crippen LogP contribution in [0.1, 0.15) is 24.5 Å². The molecule has 0 radical (unpaired) electrons. The first-order valence-corrected chi connectivity index (χ1v) is 8.97. The number of carbonyl (C=O) groups is 1. The monoisotopic (exact) mass is 355 g/mol. The average Bonchev–Trinajstić information content (AvgIpc) is 2.67. The van der Waals surface area contributed by atoms with Gasteiger partial charge in [-0.15, -0.1) is 0 Å². The average molecular weight is 355 g/mol. The van der Waals surface area contributed by atoms with Crippen molar-refractivity contribution in [2.24, 2.45) is 0 Å². The molecule has 1 aliphatic heterocycles. The predicted octanol–water partition coefficient (Wildman–Crippen LogP) is 3.42. The van der Waals surface area contributed by atoms with Crippen LogP contribution in [0.2, 0.25) is 0 Å². The summed E-state index contributed by atoms with van der Waals surface area (Å²) in [6, 6.07) is 13.4. The van der Waals surface area contributed by atoms with E-state index >= 15 is 0 Å². The van der Waals surface area contributed by atoms with Crippen molar-refractivity contribution in [3.8, 4) is 17.2 Å². The Labute approximate surface area is 154 Å². The molecule has 1 aliphatic rings. The lowest BCUT2D eigenvalue weighted by Gasteiger charge is -2.27. The second-order valence-corrected chi connectivity index (χ2v) is 6.46. The number of para-hydroxylation sites is 2. The first-order chi connectivity index (χ1) is 12.6. The van der Waals surface area contributed by atoms with Crippen molar-refractivity contribution < 1.29 is 19.0 Å². The molecular weight excluding hydrogens is 330 g/mol. The van der Waals surface area contributed by atoms with Gasteiger partial charge in [0.15, 0.2) is 17.6 Å². The Hall–Kier alpha value is -2.69. The fourth-order valence-corrected chi connectivity index (χ4v) is 2.82. The van der Waals surface area contributed by atoms with Gasteiger partial charge in [-0.05, 0) is 49.6 Å². The Bertz CT molecular complexity index is 774. The minimum Gasteiger partial charge on any atom is -0.486 e. The second kappa shape index (κ2) is 8.13. The molecule has 3 rings (SSSR count). The van der Waals surface area contributed by atoms with Crippen LogP contribution in [0.4, 0.5) is 0 Å². The molecule has 0 aromatic heterocycles. The molecule has 0 saturated heterocycles. The lowest BCUT2D eigenvalue weighted by atomic mass is 10.1. The Morgan fingerprint density at radius 2 is 1.96 bits per heavy atom. The molecule has 0 unspecified atom stereocenters. The van der Waals surface area contributed by atoms with E-state index in [1.165, 1.54) is 0 Å². The van der Waals surface area contributed by atoms with Crippen LogP contribution in [0.15, 0.2) is 42.5 Å². The highest BCUT2D eigenvalue weighted by Gasteiger charge is 2.24. The summed E-state index contributed by atoms with van der Waals surface area (Å²) in [7, 11) is 0. The number of ether oxygens (including phenoxy) is 3. The van der Waals surface area contributed by atoms with Gasteiger partial charge in [0.1, 0.15) is 18.5 Å². The summed E-state index contributed by atoms with van der Waals surface area (Å²) in [5.74, 6) is 2.05. The summed E-state index contributed by atoms with van der Waals surface area (Å²) in [5, 5.41) is 2.92. The molecule has 0 bridgehead atoms. The smallest absolute Gasteiger partial charge is 0.261 e. The quantitative estimate of drug-likeness (QED) is 0.863. The first-order valence-electron chi connectivity index (χ1n) is 8.97. The van der Waals surface area contributed by atoms with E-state index < -0.39 is 6.10 Å². The molecule has 5 heteroatoms. The number of aryl methyl sites for hydroxylation is 1. The van der Waals surface area contributed by atoms with Crippen molar-refractivity contribution in [3.05, 3.63) is 53.6 Å². The zero-order valence-corrected chi connectivity index (χ0v) is 15.5. The zero-order valence-electron chi connectivity index (χ0n) is 15.5. The largest absolute Gasteiger partial charge is 0.486 e. The molecule has 0 aliphatic carbocycles. The van der Waals surface area contributed by atoms with E-state index in [1.54, 1.807) is 0 Å². The molecule has 0 saturated carbocycles. The van der Waals surface area contributed by atoms with E-state index in [1.807, 2.05) is 63.2 Å². The van der Waals surface area contributed by atoms with Crippen LogP contribution >= 0.6 is 0 Å². The van der Waals surface area contributed by atoms with Crippen molar-refractivity contribution >= 4 is 5.91 Å². The van der Waals surface area contributed by atoms with Crippen LogP contribution in [-0.2, 0) is 4.79 Å². The Morgan fingerprint density at radius 3 is 2.73 bits per heavy atom. The number of benzene rings is 2. The lowest BCUT2D eigenvalue weighted by Crippen LogP contribution is -2.45. The number of hydrogen-bond acceptors (Lipinski definition) is 4. The maximum atomic E-state index is 12.5. The van der Waals surface area contributed by atoms with E-state index in [0.29, 0.717) is 25.3 Å². The SMILES string of the molecule is CC[C@@H](Oc1cccc(C)c1C)C(=O)NC[C@H]1COc2ccccc2O1. The van der Waals surface area contributed by atoms with Gasteiger partial charge >= 0.3 is 0 Å². The second-order valence-electron chi connectivity index (χ2n) is 6.46. The normalized spacial score (nSPS) is 16.7. The van der Waals surface area contributed by atoms with Gasteiger partial charge in [0.05, 0.1) is 6.54 Å². The molecule has 1 amide bonds. The van der Waals surface area contributed by atoms with E-state index in [9.17, 15) is 4.79 Å². The van der Waals surface area contributed by atoms with Crippen LogP contribution in [0.5, 0.6) is 17.2 Å². The molecular formula is C21H25NO4. The highest BCUT2D eigenvalue weighted by atomic mass is 16.6. The first kappa shape index (κ1) is 18.1. The summed E-state index contributed by atoms with van der Waals surface area (Å²) in [4.78, 5) is 12.5. The number of nitrogens with one attached hydrogen (secondary N) is 1. The summed E-state index contributed by atoms with van der Waals surface area (Å²) in [5.41, 5.74) is 2.20. The Balaban J connectivity index is 1.56. The van der Waals surface area contributed by atoms with Crippen LogP contribution in [-0.4, -0.2) is 31.3 Å². The Morgan fingerprint density at radius 1 is 1.19 bits per heavy atom.